The van der Waals surface area contributed by atoms with Gasteiger partial charge < -0.3 is 14.8 Å². The van der Waals surface area contributed by atoms with Crippen LogP contribution in [0, 0.1) is 0 Å². The van der Waals surface area contributed by atoms with E-state index in [0.29, 0.717) is 6.04 Å². The van der Waals surface area contributed by atoms with E-state index in [-0.39, 0.29) is 6.10 Å². The molecule has 0 unspecified atom stereocenters. The highest BCUT2D eigenvalue weighted by Gasteiger charge is 2.27. The molecule has 0 amide bonds. The molecule has 0 radical (unpaired) electrons. The van der Waals surface area contributed by atoms with Crippen LogP contribution in [0.4, 0.5) is 0 Å². The topological polar surface area (TPSA) is 51.7 Å². The summed E-state index contributed by atoms with van der Waals surface area (Å²) in [5.74, 6) is 0. The number of aliphatic hydroxyl groups is 1. The zero-order chi connectivity index (χ0) is 16.4. The van der Waals surface area contributed by atoms with Gasteiger partial charge in [0, 0.05) is 63.7 Å². The number of aromatic amines is 1. The first-order valence-corrected chi connectivity index (χ1v) is 9.06. The summed E-state index contributed by atoms with van der Waals surface area (Å²) in [6.07, 6.45) is 3.90. The number of benzene rings is 1. The maximum Gasteiger partial charge on any atom is 0.0794 e. The number of H-pyrrole nitrogens is 1. The molecule has 0 aliphatic carbocycles. The molecule has 130 valence electrons. The summed E-state index contributed by atoms with van der Waals surface area (Å²) in [6.45, 7) is 6.21. The minimum Gasteiger partial charge on any atom is -0.390 e. The Morgan fingerprint density at radius 2 is 2.00 bits per heavy atom. The number of aromatic nitrogens is 1. The Bertz CT molecular complexity index is 665. The highest BCUT2D eigenvalue weighted by molar-refractivity contribution is 5.79. The maximum absolute atomic E-state index is 10.5. The van der Waals surface area contributed by atoms with E-state index in [0.717, 1.165) is 58.8 Å². The van der Waals surface area contributed by atoms with Crippen LogP contribution < -0.4 is 0 Å². The molecule has 0 saturated carbocycles. The van der Waals surface area contributed by atoms with Crippen molar-refractivity contribution in [3.63, 3.8) is 0 Å². The van der Waals surface area contributed by atoms with Gasteiger partial charge in [-0.2, -0.15) is 0 Å². The van der Waals surface area contributed by atoms with E-state index in [9.17, 15) is 5.11 Å². The first kappa shape index (κ1) is 16.1. The fraction of sp³-hybridized carbons (Fsp3) is 0.579. The molecule has 5 heteroatoms. The van der Waals surface area contributed by atoms with E-state index in [1.807, 2.05) is 6.20 Å². The third-order valence-electron chi connectivity index (χ3n) is 5.35. The highest BCUT2D eigenvalue weighted by Crippen LogP contribution is 2.19. The Balaban J connectivity index is 1.40. The van der Waals surface area contributed by atoms with Gasteiger partial charge in [0.05, 0.1) is 6.10 Å². The Hall–Kier alpha value is -1.40. The summed E-state index contributed by atoms with van der Waals surface area (Å²) in [5.41, 5.74) is 2.49. The third kappa shape index (κ3) is 3.64. The molecule has 2 N–H and O–H groups in total. The second kappa shape index (κ2) is 7.23. The number of nitrogens with zero attached hydrogens (tertiary/aromatic N) is 2. The molecule has 2 saturated heterocycles. The number of aliphatic hydroxyl groups excluding tert-OH is 1. The van der Waals surface area contributed by atoms with Crippen molar-refractivity contribution in [3.05, 3.63) is 36.0 Å². The average molecular weight is 329 g/mol. The van der Waals surface area contributed by atoms with E-state index >= 15 is 0 Å². The second-order valence-electron chi connectivity index (χ2n) is 7.13. The fourth-order valence-electron chi connectivity index (χ4n) is 4.06. The lowest BCUT2D eigenvalue weighted by Gasteiger charge is -2.33. The summed E-state index contributed by atoms with van der Waals surface area (Å²) in [6, 6.07) is 9.27. The number of ether oxygens (including phenoxy) is 1. The Morgan fingerprint density at radius 1 is 1.12 bits per heavy atom. The van der Waals surface area contributed by atoms with Crippen LogP contribution in [-0.4, -0.2) is 71.4 Å². The minimum absolute atomic E-state index is 0.272. The predicted molar refractivity (Wildman–Crippen MR) is 95.0 cm³/mol. The molecule has 4 rings (SSSR count). The maximum atomic E-state index is 10.5. The van der Waals surface area contributed by atoms with Gasteiger partial charge in [-0.3, -0.25) is 9.80 Å². The summed E-state index contributed by atoms with van der Waals surface area (Å²) in [5, 5.41) is 11.7. The molecule has 5 nitrogen and oxygen atoms in total. The zero-order valence-corrected chi connectivity index (χ0v) is 14.2. The first-order chi connectivity index (χ1) is 11.8. The van der Waals surface area contributed by atoms with Crippen molar-refractivity contribution in [1.82, 2.24) is 14.8 Å². The quantitative estimate of drug-likeness (QED) is 0.902. The third-order valence-corrected chi connectivity index (χ3v) is 5.35. The molecule has 1 atom stereocenters. The van der Waals surface area contributed by atoms with E-state index in [1.54, 1.807) is 0 Å². The van der Waals surface area contributed by atoms with Gasteiger partial charge in [-0.05, 0) is 42.0 Å². The van der Waals surface area contributed by atoms with Crippen LogP contribution in [-0.2, 0) is 11.3 Å². The molecule has 1 aromatic heterocycles. The largest absolute Gasteiger partial charge is 0.390 e. The molecular formula is C19H27N3O2. The molecule has 0 bridgehead atoms. The van der Waals surface area contributed by atoms with Gasteiger partial charge in [0.25, 0.3) is 0 Å². The van der Waals surface area contributed by atoms with E-state index in [4.69, 9.17) is 4.74 Å². The van der Waals surface area contributed by atoms with Crippen molar-refractivity contribution >= 4 is 10.9 Å². The van der Waals surface area contributed by atoms with Gasteiger partial charge in [0.2, 0.25) is 0 Å². The summed E-state index contributed by atoms with van der Waals surface area (Å²) in [7, 11) is 0. The normalized spacial score (nSPS) is 25.1. The van der Waals surface area contributed by atoms with Crippen molar-refractivity contribution < 1.29 is 9.84 Å². The second-order valence-corrected chi connectivity index (χ2v) is 7.13. The van der Waals surface area contributed by atoms with E-state index < -0.39 is 0 Å². The Labute approximate surface area is 143 Å². The molecule has 3 heterocycles. The molecular weight excluding hydrogens is 302 g/mol. The van der Waals surface area contributed by atoms with Gasteiger partial charge in [-0.15, -0.1) is 0 Å². The lowest BCUT2D eigenvalue weighted by atomic mass is 10.1. The number of hydrogen-bond donors (Lipinski definition) is 2. The molecule has 1 aromatic carbocycles. The van der Waals surface area contributed by atoms with Crippen molar-refractivity contribution in [2.75, 3.05) is 39.4 Å². The average Bonchev–Trinajstić information content (AvgIpc) is 2.98. The van der Waals surface area contributed by atoms with Crippen molar-refractivity contribution in [2.45, 2.75) is 31.5 Å². The Kier molecular flexibility index (Phi) is 4.85. The van der Waals surface area contributed by atoms with Gasteiger partial charge in [0.15, 0.2) is 0 Å². The molecule has 0 spiro atoms. The van der Waals surface area contributed by atoms with E-state index in [1.165, 1.54) is 16.5 Å². The van der Waals surface area contributed by atoms with Crippen LogP contribution in [0.1, 0.15) is 18.4 Å². The van der Waals surface area contributed by atoms with Crippen molar-refractivity contribution in [3.8, 4) is 0 Å². The van der Waals surface area contributed by atoms with Crippen LogP contribution in [0.2, 0.25) is 0 Å². The molecule has 2 aliphatic rings. The van der Waals surface area contributed by atoms with Crippen LogP contribution in [0.15, 0.2) is 30.5 Å². The number of rotatable bonds is 3. The summed E-state index contributed by atoms with van der Waals surface area (Å²) in [4.78, 5) is 8.10. The lowest BCUT2D eigenvalue weighted by molar-refractivity contribution is 0.0217. The monoisotopic (exact) mass is 329 g/mol. The molecule has 2 fully saturated rings. The van der Waals surface area contributed by atoms with Crippen LogP contribution in [0.5, 0.6) is 0 Å². The number of nitrogens with one attached hydrogen (secondary N) is 1. The van der Waals surface area contributed by atoms with Gasteiger partial charge in [0.1, 0.15) is 0 Å². The highest BCUT2D eigenvalue weighted by atomic mass is 16.5. The van der Waals surface area contributed by atoms with Crippen molar-refractivity contribution in [2.24, 2.45) is 0 Å². The van der Waals surface area contributed by atoms with Gasteiger partial charge in [-0.25, -0.2) is 0 Å². The smallest absolute Gasteiger partial charge is 0.0794 e. The van der Waals surface area contributed by atoms with Crippen LogP contribution >= 0.6 is 0 Å². The standard InChI is InChI=1S/C19H27N3O2/c23-18-13-21(7-8-22(14-18)17-4-9-24-10-5-17)12-15-1-2-19-16(11-15)3-6-20-19/h1-3,6,11,17-18,20,23H,4-5,7-10,12-14H2/t18-/m1/s1. The SMILES string of the molecule is O[C@@H]1CN(Cc2ccc3[nH]ccc3c2)CCN(C2CCOCC2)C1. The molecule has 2 aliphatic heterocycles. The fourth-order valence-corrected chi connectivity index (χ4v) is 4.06. The van der Waals surface area contributed by atoms with Gasteiger partial charge in [-0.1, -0.05) is 6.07 Å². The summed E-state index contributed by atoms with van der Waals surface area (Å²) >= 11 is 0. The van der Waals surface area contributed by atoms with E-state index in [2.05, 4.69) is 39.0 Å². The number of hydrogen-bond acceptors (Lipinski definition) is 4. The van der Waals surface area contributed by atoms with Crippen molar-refractivity contribution in [1.29, 1.82) is 0 Å². The minimum atomic E-state index is -0.272. The molecule has 24 heavy (non-hydrogen) atoms. The number of fused-ring (bicyclic) bond motifs is 1. The van der Waals surface area contributed by atoms with Crippen LogP contribution in [0.3, 0.4) is 0 Å². The molecule has 2 aromatic rings. The lowest BCUT2D eigenvalue weighted by Crippen LogP contribution is -2.43. The van der Waals surface area contributed by atoms with Gasteiger partial charge >= 0.3 is 0 Å². The first-order valence-electron chi connectivity index (χ1n) is 9.06. The predicted octanol–water partition coefficient (Wildman–Crippen LogP) is 1.83. The Morgan fingerprint density at radius 3 is 2.88 bits per heavy atom. The summed E-state index contributed by atoms with van der Waals surface area (Å²) < 4.78 is 5.48. The zero-order valence-electron chi connectivity index (χ0n) is 14.2. The number of β-amino-alcohol motifs (C(OH)–C–C–N with tert-alkyl or cyclic N) is 1. The van der Waals surface area contributed by atoms with Crippen LogP contribution in [0.25, 0.3) is 10.9 Å².